The number of benzene rings is 1. The van der Waals surface area contributed by atoms with Gasteiger partial charge in [0.05, 0.1) is 13.1 Å². The van der Waals surface area contributed by atoms with Gasteiger partial charge in [0.25, 0.3) is 0 Å². The Morgan fingerprint density at radius 1 is 1.23 bits per heavy atom. The average molecular weight is 177 g/mol. The second-order valence-electron chi connectivity index (χ2n) is 3.11. The van der Waals surface area contributed by atoms with Crippen molar-refractivity contribution in [2.75, 3.05) is 19.8 Å². The van der Waals surface area contributed by atoms with Crippen molar-refractivity contribution in [3.8, 4) is 5.75 Å². The molecule has 0 saturated carbocycles. The Balaban J connectivity index is 1.77. The lowest BCUT2D eigenvalue weighted by Gasteiger charge is -2.28. The molecule has 1 saturated heterocycles. The Kier molecular flexibility index (Phi) is 2.27. The zero-order valence-corrected chi connectivity index (χ0v) is 7.27. The van der Waals surface area contributed by atoms with Crippen LogP contribution < -0.4 is 4.74 Å². The summed E-state index contributed by atoms with van der Waals surface area (Å²) >= 11 is 0. The highest BCUT2D eigenvalue weighted by molar-refractivity contribution is 5.87. The molecule has 1 aromatic carbocycles. The average Bonchev–Trinajstić information content (AvgIpc) is 2.12. The van der Waals surface area contributed by atoms with Crippen molar-refractivity contribution in [2.24, 2.45) is 0 Å². The van der Waals surface area contributed by atoms with Gasteiger partial charge in [-0.15, -0.1) is 0 Å². The van der Waals surface area contributed by atoms with Gasteiger partial charge in [-0.2, -0.15) is 0 Å². The van der Waals surface area contributed by atoms with Gasteiger partial charge in [-0.05, 0) is 12.1 Å². The molecule has 0 aromatic heterocycles. The number of carbonyl (C=O) groups excluding carboxylic acids is 1. The minimum atomic E-state index is 0.289. The predicted octanol–water partition coefficient (Wildman–Crippen LogP) is 0.908. The van der Waals surface area contributed by atoms with Gasteiger partial charge in [0.15, 0.2) is 5.78 Å². The molecule has 0 aliphatic carbocycles. The van der Waals surface area contributed by atoms with Gasteiger partial charge in [-0.1, -0.05) is 18.2 Å². The molecule has 0 radical (unpaired) electrons. The van der Waals surface area contributed by atoms with Gasteiger partial charge in [0, 0.05) is 0 Å². The van der Waals surface area contributed by atoms with Crippen LogP contribution in [-0.2, 0) is 4.79 Å². The fourth-order valence-corrected chi connectivity index (χ4v) is 1.23. The Morgan fingerprint density at radius 3 is 2.54 bits per heavy atom. The fourth-order valence-electron chi connectivity index (χ4n) is 1.23. The van der Waals surface area contributed by atoms with Crippen LogP contribution in [0.4, 0.5) is 0 Å². The fraction of sp³-hybridized carbons (Fsp3) is 0.300. The number of para-hydroxylation sites is 1. The van der Waals surface area contributed by atoms with E-state index in [9.17, 15) is 4.79 Å². The van der Waals surface area contributed by atoms with E-state index in [0.717, 1.165) is 5.75 Å². The smallest absolute Gasteiger partial charge is 0.161 e. The van der Waals surface area contributed by atoms with E-state index in [2.05, 4.69) is 0 Å². The largest absolute Gasteiger partial charge is 0.478 e. The second kappa shape index (κ2) is 3.58. The zero-order chi connectivity index (χ0) is 9.10. The first kappa shape index (κ1) is 8.26. The third kappa shape index (κ3) is 2.06. The maximum Gasteiger partial charge on any atom is 0.161 e. The summed E-state index contributed by atoms with van der Waals surface area (Å²) in [5.74, 6) is 1.14. The number of hydrogen-bond acceptors (Lipinski definition) is 3. The van der Waals surface area contributed by atoms with Crippen molar-refractivity contribution >= 4 is 5.78 Å². The van der Waals surface area contributed by atoms with Crippen LogP contribution in [0, 0.1) is 0 Å². The van der Waals surface area contributed by atoms with Gasteiger partial charge < -0.3 is 4.74 Å². The van der Waals surface area contributed by atoms with Crippen molar-refractivity contribution in [3.63, 3.8) is 0 Å². The molecular weight excluding hydrogens is 166 g/mol. The van der Waals surface area contributed by atoms with E-state index >= 15 is 0 Å². The molecule has 1 aromatic rings. The van der Waals surface area contributed by atoms with E-state index in [0.29, 0.717) is 19.8 Å². The number of ether oxygens (including phenoxy) is 1. The van der Waals surface area contributed by atoms with Crippen LogP contribution in [0.1, 0.15) is 0 Å². The van der Waals surface area contributed by atoms with Gasteiger partial charge in [0.1, 0.15) is 12.5 Å². The minimum Gasteiger partial charge on any atom is -0.478 e. The third-order valence-electron chi connectivity index (χ3n) is 1.96. The summed E-state index contributed by atoms with van der Waals surface area (Å²) < 4.78 is 5.43. The summed E-state index contributed by atoms with van der Waals surface area (Å²) in [5, 5.41) is 0. The molecule has 0 spiro atoms. The number of carbonyl (C=O) groups is 1. The first-order chi connectivity index (χ1) is 6.34. The Labute approximate surface area is 76.9 Å². The van der Waals surface area contributed by atoms with Crippen molar-refractivity contribution in [2.45, 2.75) is 0 Å². The van der Waals surface area contributed by atoms with Crippen molar-refractivity contribution < 1.29 is 9.53 Å². The monoisotopic (exact) mass is 177 g/mol. The lowest BCUT2D eigenvalue weighted by Crippen LogP contribution is -2.48. The number of likely N-dealkylation sites (tertiary alicyclic amines) is 1. The van der Waals surface area contributed by atoms with Gasteiger partial charge in [0.2, 0.25) is 0 Å². The minimum absolute atomic E-state index is 0.289. The Morgan fingerprint density at radius 2 is 1.92 bits per heavy atom. The summed E-state index contributed by atoms with van der Waals surface area (Å²) in [6.07, 6.45) is 0. The molecule has 1 fully saturated rings. The summed E-state index contributed by atoms with van der Waals surface area (Å²) in [4.78, 5) is 12.6. The van der Waals surface area contributed by atoms with E-state index in [4.69, 9.17) is 4.74 Å². The van der Waals surface area contributed by atoms with E-state index in [1.54, 1.807) is 0 Å². The van der Waals surface area contributed by atoms with E-state index < -0.39 is 0 Å². The SMILES string of the molecule is O=C1CN(COc2ccccc2)C1. The van der Waals surface area contributed by atoms with E-state index in [1.807, 2.05) is 35.2 Å². The van der Waals surface area contributed by atoms with Crippen LogP contribution in [0.25, 0.3) is 0 Å². The maximum absolute atomic E-state index is 10.6. The first-order valence-electron chi connectivity index (χ1n) is 4.26. The van der Waals surface area contributed by atoms with Gasteiger partial charge in [-0.25, -0.2) is 0 Å². The number of hydrogen-bond donors (Lipinski definition) is 0. The van der Waals surface area contributed by atoms with Crippen LogP contribution in [0.3, 0.4) is 0 Å². The summed E-state index contributed by atoms with van der Waals surface area (Å²) in [7, 11) is 0. The Hall–Kier alpha value is -1.35. The van der Waals surface area contributed by atoms with Crippen molar-refractivity contribution in [1.29, 1.82) is 0 Å². The molecule has 3 heteroatoms. The molecule has 0 unspecified atom stereocenters. The molecule has 0 bridgehead atoms. The normalized spacial score (nSPS) is 16.8. The number of nitrogens with zero attached hydrogens (tertiary/aromatic N) is 1. The summed E-state index contributed by atoms with van der Waals surface area (Å²) in [5.41, 5.74) is 0. The number of Topliss-reactive ketones (excluding diaryl/α,β-unsaturated/α-hetero) is 1. The lowest BCUT2D eigenvalue weighted by atomic mass is 10.2. The van der Waals surface area contributed by atoms with Crippen LogP contribution in [0.15, 0.2) is 30.3 Å². The molecule has 1 heterocycles. The van der Waals surface area contributed by atoms with Crippen LogP contribution in [0.5, 0.6) is 5.75 Å². The molecule has 0 amide bonds. The van der Waals surface area contributed by atoms with E-state index in [1.165, 1.54) is 0 Å². The number of rotatable bonds is 3. The van der Waals surface area contributed by atoms with E-state index in [-0.39, 0.29) is 5.78 Å². The zero-order valence-electron chi connectivity index (χ0n) is 7.27. The lowest BCUT2D eigenvalue weighted by molar-refractivity contribution is -0.131. The summed E-state index contributed by atoms with van der Waals surface area (Å²) in [6, 6.07) is 9.61. The van der Waals surface area contributed by atoms with Crippen LogP contribution >= 0.6 is 0 Å². The quantitative estimate of drug-likeness (QED) is 0.687. The van der Waals surface area contributed by atoms with Gasteiger partial charge in [-0.3, -0.25) is 9.69 Å². The van der Waals surface area contributed by atoms with Crippen LogP contribution in [0.2, 0.25) is 0 Å². The Bertz CT molecular complexity index is 289. The standard InChI is InChI=1S/C10H11NO2/c12-9-6-11(7-9)8-13-10-4-2-1-3-5-10/h1-5H,6-8H2. The molecule has 13 heavy (non-hydrogen) atoms. The number of ketones is 1. The maximum atomic E-state index is 10.6. The van der Waals surface area contributed by atoms with Crippen molar-refractivity contribution in [3.05, 3.63) is 30.3 Å². The molecule has 2 rings (SSSR count). The first-order valence-corrected chi connectivity index (χ1v) is 4.26. The molecule has 1 aliphatic heterocycles. The molecular formula is C10H11NO2. The van der Waals surface area contributed by atoms with Crippen LogP contribution in [-0.4, -0.2) is 30.5 Å². The topological polar surface area (TPSA) is 29.5 Å². The van der Waals surface area contributed by atoms with Crippen molar-refractivity contribution in [1.82, 2.24) is 4.90 Å². The molecule has 3 nitrogen and oxygen atoms in total. The third-order valence-corrected chi connectivity index (χ3v) is 1.96. The second-order valence-corrected chi connectivity index (χ2v) is 3.11. The molecule has 0 N–H and O–H groups in total. The highest BCUT2D eigenvalue weighted by atomic mass is 16.5. The predicted molar refractivity (Wildman–Crippen MR) is 48.5 cm³/mol. The van der Waals surface area contributed by atoms with Gasteiger partial charge >= 0.3 is 0 Å². The molecule has 0 atom stereocenters. The molecule has 1 aliphatic rings. The molecule has 68 valence electrons. The highest BCUT2D eigenvalue weighted by Crippen LogP contribution is 2.10. The highest BCUT2D eigenvalue weighted by Gasteiger charge is 2.23. The summed E-state index contributed by atoms with van der Waals surface area (Å²) in [6.45, 7) is 1.58.